The molecule has 1 aromatic carbocycles. The first-order chi connectivity index (χ1) is 7.84. The third-order valence-corrected chi connectivity index (χ3v) is 3.72. The molecule has 0 aliphatic carbocycles. The highest BCUT2D eigenvalue weighted by atomic mass is 79.9. The van der Waals surface area contributed by atoms with Crippen molar-refractivity contribution < 1.29 is 9.13 Å². The maximum atomic E-state index is 13.5. The van der Waals surface area contributed by atoms with Crippen LogP contribution in [0, 0.1) is 24.1 Å². The van der Waals surface area contributed by atoms with E-state index in [9.17, 15) is 4.39 Å². The molecule has 0 fully saturated rings. The van der Waals surface area contributed by atoms with Gasteiger partial charge in [0.1, 0.15) is 0 Å². The van der Waals surface area contributed by atoms with E-state index in [1.807, 2.05) is 6.92 Å². The number of hydrogen-bond acceptors (Lipinski definition) is 1. The molecule has 0 aliphatic rings. The summed E-state index contributed by atoms with van der Waals surface area (Å²) in [5, 5.41) is 0.851. The predicted molar refractivity (Wildman–Crippen MR) is 73.4 cm³/mol. The lowest BCUT2D eigenvalue weighted by Crippen LogP contribution is -2.28. The molecule has 0 aliphatic heterocycles. The molecule has 17 heavy (non-hydrogen) atoms. The molecule has 1 atom stereocenters. The van der Waals surface area contributed by atoms with E-state index < -0.39 is 0 Å². The smallest absolute Gasteiger partial charge is 0.165 e. The number of halogens is 2. The highest BCUT2D eigenvalue weighted by molar-refractivity contribution is 9.09. The fourth-order valence-corrected chi connectivity index (χ4v) is 2.60. The number of ether oxygens (including phenoxy) is 1. The molecule has 3 heteroatoms. The zero-order valence-electron chi connectivity index (χ0n) is 10.9. The Morgan fingerprint density at radius 2 is 2.00 bits per heavy atom. The first-order valence-corrected chi connectivity index (χ1v) is 6.91. The van der Waals surface area contributed by atoms with Crippen LogP contribution in [0.25, 0.3) is 0 Å². The summed E-state index contributed by atoms with van der Waals surface area (Å²) in [6.45, 7) is 8.94. The average molecular weight is 303 g/mol. The van der Waals surface area contributed by atoms with E-state index in [1.54, 1.807) is 12.1 Å². The van der Waals surface area contributed by atoms with Crippen LogP contribution in [0.15, 0.2) is 18.2 Å². The molecular weight excluding hydrogens is 283 g/mol. The van der Waals surface area contributed by atoms with Crippen molar-refractivity contribution in [3.63, 3.8) is 0 Å². The molecule has 0 saturated carbocycles. The largest absolute Gasteiger partial charge is 0.490 e. The van der Waals surface area contributed by atoms with Gasteiger partial charge in [0.25, 0.3) is 0 Å². The van der Waals surface area contributed by atoms with Gasteiger partial charge in [-0.2, -0.15) is 0 Å². The fraction of sp³-hybridized carbons (Fsp3) is 0.571. The van der Waals surface area contributed by atoms with E-state index >= 15 is 0 Å². The monoisotopic (exact) mass is 302 g/mol. The van der Waals surface area contributed by atoms with Gasteiger partial charge < -0.3 is 4.74 Å². The zero-order valence-corrected chi connectivity index (χ0v) is 12.5. The summed E-state index contributed by atoms with van der Waals surface area (Å²) in [6, 6.07) is 4.93. The highest BCUT2D eigenvalue weighted by Crippen LogP contribution is 2.29. The van der Waals surface area contributed by atoms with Crippen molar-refractivity contribution >= 4 is 15.9 Å². The van der Waals surface area contributed by atoms with Crippen LogP contribution in [0.5, 0.6) is 5.75 Å². The minimum absolute atomic E-state index is 0.143. The van der Waals surface area contributed by atoms with Gasteiger partial charge in [0.15, 0.2) is 11.6 Å². The maximum Gasteiger partial charge on any atom is 0.165 e. The van der Waals surface area contributed by atoms with Crippen molar-refractivity contribution in [1.82, 2.24) is 0 Å². The quantitative estimate of drug-likeness (QED) is 0.740. The van der Waals surface area contributed by atoms with E-state index in [0.29, 0.717) is 18.3 Å². The van der Waals surface area contributed by atoms with Gasteiger partial charge in [-0.1, -0.05) is 42.8 Å². The van der Waals surface area contributed by atoms with Gasteiger partial charge in [-0.3, -0.25) is 0 Å². The Kier molecular flexibility index (Phi) is 4.99. The molecule has 0 aromatic heterocycles. The Bertz CT molecular complexity index is 371. The van der Waals surface area contributed by atoms with Crippen molar-refractivity contribution in [3.05, 3.63) is 29.6 Å². The zero-order chi connectivity index (χ0) is 13.1. The summed E-state index contributed by atoms with van der Waals surface area (Å²) >= 11 is 3.48. The maximum absolute atomic E-state index is 13.5. The van der Waals surface area contributed by atoms with Crippen LogP contribution >= 0.6 is 15.9 Å². The number of aryl methyl sites for hydroxylation is 1. The summed E-state index contributed by atoms with van der Waals surface area (Å²) < 4.78 is 19.1. The van der Waals surface area contributed by atoms with Crippen molar-refractivity contribution in [3.8, 4) is 5.75 Å². The first kappa shape index (κ1) is 14.5. The predicted octanol–water partition coefficient (Wildman–Crippen LogP) is 4.57. The second-order valence-corrected chi connectivity index (χ2v) is 6.11. The van der Waals surface area contributed by atoms with Crippen LogP contribution in [0.4, 0.5) is 4.39 Å². The Balaban J connectivity index is 2.69. The molecule has 1 aromatic rings. The number of alkyl halides is 1. The number of benzene rings is 1. The van der Waals surface area contributed by atoms with Crippen LogP contribution in [-0.4, -0.2) is 11.9 Å². The summed E-state index contributed by atoms with van der Waals surface area (Å²) in [7, 11) is 0. The second-order valence-electron chi connectivity index (χ2n) is 5.46. The third kappa shape index (κ3) is 4.30. The number of hydrogen-bond donors (Lipinski definition) is 0. The van der Waals surface area contributed by atoms with E-state index in [-0.39, 0.29) is 11.2 Å². The van der Waals surface area contributed by atoms with Gasteiger partial charge in [0.2, 0.25) is 0 Å². The van der Waals surface area contributed by atoms with Crippen LogP contribution in [-0.2, 0) is 0 Å². The molecule has 1 nitrogen and oxygen atoms in total. The SMILES string of the molecule is Cc1ccc(F)c(OCC(CBr)C(C)(C)C)c1. The van der Waals surface area contributed by atoms with E-state index in [0.717, 1.165) is 10.9 Å². The summed E-state index contributed by atoms with van der Waals surface area (Å²) in [6.07, 6.45) is 0. The highest BCUT2D eigenvalue weighted by Gasteiger charge is 2.24. The molecule has 0 bridgehead atoms. The van der Waals surface area contributed by atoms with Gasteiger partial charge in [-0.25, -0.2) is 4.39 Å². The van der Waals surface area contributed by atoms with Crippen LogP contribution in [0.2, 0.25) is 0 Å². The molecule has 96 valence electrons. The van der Waals surface area contributed by atoms with Gasteiger partial charge in [-0.15, -0.1) is 0 Å². The molecule has 1 rings (SSSR count). The van der Waals surface area contributed by atoms with Crippen LogP contribution < -0.4 is 4.74 Å². The summed E-state index contributed by atoms with van der Waals surface area (Å²) in [5.74, 6) is 0.403. The summed E-state index contributed by atoms with van der Waals surface area (Å²) in [5.41, 5.74) is 1.15. The Morgan fingerprint density at radius 3 is 2.53 bits per heavy atom. The van der Waals surface area contributed by atoms with Crippen molar-refractivity contribution in [2.45, 2.75) is 27.7 Å². The second kappa shape index (κ2) is 5.85. The molecule has 0 spiro atoms. The van der Waals surface area contributed by atoms with Gasteiger partial charge in [-0.05, 0) is 30.0 Å². The average Bonchev–Trinajstić information content (AvgIpc) is 2.22. The summed E-state index contributed by atoms with van der Waals surface area (Å²) in [4.78, 5) is 0. The minimum atomic E-state index is -0.294. The minimum Gasteiger partial charge on any atom is -0.490 e. The Morgan fingerprint density at radius 1 is 1.35 bits per heavy atom. The standard InChI is InChI=1S/C14H20BrFO/c1-10-5-6-12(16)13(7-10)17-9-11(8-15)14(2,3)4/h5-7,11H,8-9H2,1-4H3. The van der Waals surface area contributed by atoms with Crippen LogP contribution in [0.3, 0.4) is 0 Å². The first-order valence-electron chi connectivity index (χ1n) is 5.79. The van der Waals surface area contributed by atoms with Crippen LogP contribution in [0.1, 0.15) is 26.3 Å². The van der Waals surface area contributed by atoms with Crippen molar-refractivity contribution in [2.24, 2.45) is 11.3 Å². The lowest BCUT2D eigenvalue weighted by molar-refractivity contribution is 0.162. The topological polar surface area (TPSA) is 9.23 Å². The van der Waals surface area contributed by atoms with E-state index in [1.165, 1.54) is 6.07 Å². The normalized spacial score (nSPS) is 13.5. The van der Waals surface area contributed by atoms with Gasteiger partial charge in [0, 0.05) is 11.2 Å². The number of rotatable bonds is 4. The van der Waals surface area contributed by atoms with Gasteiger partial charge >= 0.3 is 0 Å². The molecule has 0 heterocycles. The molecule has 0 amide bonds. The molecule has 1 unspecified atom stereocenters. The van der Waals surface area contributed by atoms with Gasteiger partial charge in [0.05, 0.1) is 6.61 Å². The third-order valence-electron chi connectivity index (χ3n) is 2.94. The molecule has 0 saturated heterocycles. The molecule has 0 N–H and O–H groups in total. The fourth-order valence-electron chi connectivity index (χ4n) is 1.44. The lowest BCUT2D eigenvalue weighted by Gasteiger charge is -2.29. The van der Waals surface area contributed by atoms with E-state index in [2.05, 4.69) is 36.7 Å². The molecule has 0 radical (unpaired) electrons. The van der Waals surface area contributed by atoms with Crippen molar-refractivity contribution in [2.75, 3.05) is 11.9 Å². The molecular formula is C14H20BrFO. The lowest BCUT2D eigenvalue weighted by atomic mass is 9.83. The Labute approximate surface area is 111 Å². The Hall–Kier alpha value is -0.570. The van der Waals surface area contributed by atoms with E-state index in [4.69, 9.17) is 4.74 Å². The van der Waals surface area contributed by atoms with Crippen molar-refractivity contribution in [1.29, 1.82) is 0 Å².